The van der Waals surface area contributed by atoms with Crippen LogP contribution < -0.4 is 30.7 Å². The summed E-state index contributed by atoms with van der Waals surface area (Å²) in [4.78, 5) is 92.2. The number of ketones is 2. The number of methoxy groups -OCH3 is 1. The van der Waals surface area contributed by atoms with Crippen LogP contribution in [0.1, 0.15) is 125 Å². The smallest absolute Gasteiger partial charge is 0.322 e. The van der Waals surface area contributed by atoms with Gasteiger partial charge in [0.25, 0.3) is 11.8 Å². The van der Waals surface area contributed by atoms with Crippen LogP contribution >= 0.6 is 0 Å². The minimum absolute atomic E-state index is 0.0165. The molecule has 0 spiro atoms. The van der Waals surface area contributed by atoms with Gasteiger partial charge in [0, 0.05) is 85.7 Å². The van der Waals surface area contributed by atoms with Gasteiger partial charge < -0.3 is 55.0 Å². The predicted octanol–water partition coefficient (Wildman–Crippen LogP) is 9.42. The van der Waals surface area contributed by atoms with Crippen LogP contribution in [0.25, 0.3) is 22.8 Å². The summed E-state index contributed by atoms with van der Waals surface area (Å²) >= 11 is 0. The van der Waals surface area contributed by atoms with Crippen molar-refractivity contribution < 1.29 is 47.7 Å². The van der Waals surface area contributed by atoms with E-state index in [-0.39, 0.29) is 68.8 Å². The molecule has 0 radical (unpaired) electrons. The predicted molar refractivity (Wildman–Crippen MR) is 323 cm³/mol. The van der Waals surface area contributed by atoms with Gasteiger partial charge in [-0.15, -0.1) is 0 Å². The number of Topliss-reactive ketones (excluding diaryl/α,β-unsaturated/α-hetero) is 2. The second kappa shape index (κ2) is 29.0. The molecule has 3 atom stereocenters. The quantitative estimate of drug-likeness (QED) is 0.0227. The average Bonchev–Trinajstić information content (AvgIpc) is 3.83. The first-order valence-corrected chi connectivity index (χ1v) is 29.1. The highest BCUT2D eigenvalue weighted by Gasteiger charge is 2.42. The van der Waals surface area contributed by atoms with Gasteiger partial charge in [-0.05, 0) is 152 Å². The molecule has 4 heterocycles. The van der Waals surface area contributed by atoms with Crippen molar-refractivity contribution in [3.63, 3.8) is 0 Å². The number of benzene rings is 3. The molecule has 1 saturated heterocycles. The third kappa shape index (κ3) is 16.1. The normalized spacial score (nSPS) is 15.5. The molecule has 20 nitrogen and oxygen atoms in total. The minimum atomic E-state index is -1.41. The fraction of sp³-hybridized carbons (Fsp3) is 0.476. The molecule has 5 amide bonds. The van der Waals surface area contributed by atoms with Crippen LogP contribution in [0.4, 0.5) is 21.9 Å². The van der Waals surface area contributed by atoms with E-state index in [4.69, 9.17) is 18.9 Å². The molecule has 2 aliphatic heterocycles. The molecule has 0 bridgehead atoms. The maximum absolute atomic E-state index is 14.4. The fourth-order valence-electron chi connectivity index (χ4n) is 10.5. The molecule has 83 heavy (non-hydrogen) atoms. The number of ether oxygens (including phenoxy) is 4. The number of aromatic nitrogens is 3. The van der Waals surface area contributed by atoms with Crippen molar-refractivity contribution in [3.8, 4) is 22.6 Å². The Bertz CT molecular complexity index is 3110. The van der Waals surface area contributed by atoms with Gasteiger partial charge in [-0.1, -0.05) is 45.9 Å². The Hall–Kier alpha value is -7.65. The van der Waals surface area contributed by atoms with Crippen LogP contribution in [0.15, 0.2) is 73.1 Å². The van der Waals surface area contributed by atoms with E-state index in [1.165, 1.54) is 0 Å². The van der Waals surface area contributed by atoms with Gasteiger partial charge >= 0.3 is 6.03 Å². The summed E-state index contributed by atoms with van der Waals surface area (Å²) in [6, 6.07) is 17.7. The van der Waals surface area contributed by atoms with Crippen molar-refractivity contribution in [3.05, 3.63) is 107 Å². The van der Waals surface area contributed by atoms with Gasteiger partial charge in [0.1, 0.15) is 35.4 Å². The number of hydrogen-bond donors (Lipinski definition) is 6. The Labute approximate surface area is 487 Å². The molecule has 2 aliphatic rings. The molecule has 5 aromatic rings. The molecular weight excluding hydrogens is 1060 g/mol. The molecule has 3 unspecified atom stereocenters. The fourth-order valence-corrected chi connectivity index (χ4v) is 10.5. The van der Waals surface area contributed by atoms with Crippen molar-refractivity contribution in [1.82, 2.24) is 35.2 Å². The van der Waals surface area contributed by atoms with E-state index in [0.29, 0.717) is 75.4 Å². The molecule has 446 valence electrons. The Morgan fingerprint density at radius 3 is 2.34 bits per heavy atom. The third-order valence-corrected chi connectivity index (χ3v) is 16.0. The van der Waals surface area contributed by atoms with E-state index in [0.717, 1.165) is 68.8 Å². The Morgan fingerprint density at radius 2 is 1.64 bits per heavy atom. The van der Waals surface area contributed by atoms with Gasteiger partial charge in [-0.25, -0.2) is 4.79 Å². The molecule has 20 heteroatoms. The van der Waals surface area contributed by atoms with Crippen LogP contribution in [-0.4, -0.2) is 155 Å². The first-order valence-electron chi connectivity index (χ1n) is 29.1. The number of likely N-dealkylation sites (tertiary alicyclic amines) is 1. The number of rotatable bonds is 31. The van der Waals surface area contributed by atoms with E-state index >= 15 is 0 Å². The molecule has 0 saturated carbocycles. The van der Waals surface area contributed by atoms with Crippen LogP contribution in [-0.2, 0) is 35.2 Å². The lowest BCUT2D eigenvalue weighted by Crippen LogP contribution is -2.50. The van der Waals surface area contributed by atoms with E-state index in [2.05, 4.69) is 60.1 Å². The summed E-state index contributed by atoms with van der Waals surface area (Å²) in [5.41, 5.74) is 4.72. The number of hydrogen-bond acceptors (Lipinski definition) is 13. The minimum Gasteiger partial charge on any atom is -0.497 e. The number of carbonyl (C=O) groups is 6. The number of amides is 5. The maximum Gasteiger partial charge on any atom is 0.322 e. The molecule has 1 fully saturated rings. The lowest BCUT2D eigenvalue weighted by molar-refractivity contribution is -0.170. The van der Waals surface area contributed by atoms with Crippen molar-refractivity contribution in [2.75, 3.05) is 88.6 Å². The zero-order valence-electron chi connectivity index (χ0n) is 50.0. The topological polar surface area (TPSA) is 242 Å². The van der Waals surface area contributed by atoms with E-state index in [1.54, 1.807) is 76.4 Å². The Kier molecular flexibility index (Phi) is 22.0. The van der Waals surface area contributed by atoms with Crippen LogP contribution in [0.2, 0.25) is 0 Å². The zero-order valence-corrected chi connectivity index (χ0v) is 50.0. The van der Waals surface area contributed by atoms with Crippen molar-refractivity contribution in [2.45, 2.75) is 125 Å². The first kappa shape index (κ1) is 62.9. The Morgan fingerprint density at radius 1 is 0.880 bits per heavy atom. The number of nitrogens with zero attached hydrogens (tertiary/aromatic N) is 4. The van der Waals surface area contributed by atoms with Gasteiger partial charge in [-0.3, -0.25) is 34.0 Å². The summed E-state index contributed by atoms with van der Waals surface area (Å²) in [5.74, 6) is -0.534. The van der Waals surface area contributed by atoms with E-state index in [1.807, 2.05) is 63.2 Å². The summed E-state index contributed by atoms with van der Waals surface area (Å²) in [6.07, 6.45) is 6.64. The number of fused-ring (bicyclic) bond motifs is 1. The molecule has 7 rings (SSSR count). The number of nitrogens with one attached hydrogen (secondary N) is 6. The van der Waals surface area contributed by atoms with Gasteiger partial charge in [0.05, 0.1) is 36.7 Å². The second-order valence-corrected chi connectivity index (χ2v) is 21.6. The SMILES string of the molecule is CCN(CC)CCNC(=O)c1c(C)[nH]c(/C=C2\C(=O)Nc3ccc(NC(=O)CCC(=O)C(C)(CC)OC(C)C(=O)C(C)(CC)OCCN(Cc4cccc(OC)c4)C(=O)Nc4ccc(-c5cn[nH]c5)cc4OCCN4CCCC4)cc32)c1C. The van der Waals surface area contributed by atoms with Crippen molar-refractivity contribution in [1.29, 1.82) is 0 Å². The van der Waals surface area contributed by atoms with E-state index < -0.39 is 29.2 Å². The number of anilines is 3. The van der Waals surface area contributed by atoms with Crippen LogP contribution in [0.3, 0.4) is 0 Å². The highest BCUT2D eigenvalue weighted by Crippen LogP contribution is 2.37. The monoisotopic (exact) mass is 1140 g/mol. The van der Waals surface area contributed by atoms with Gasteiger partial charge in [0.15, 0.2) is 11.6 Å². The molecule has 2 aromatic heterocycles. The van der Waals surface area contributed by atoms with Crippen molar-refractivity contribution >= 4 is 64.0 Å². The number of aromatic amines is 2. The standard InChI is InChI=1S/C63H84N10O10/c1-11-62(8,55(74)24-25-56(75)68-47-21-23-51-49(36-47)50(59(77)69-51)37-53-41(5)57(42(6)67-53)60(78)64-26-29-71(13-3)14-4)83-43(7)58(76)63(9,12-2)82-33-31-73(40-44-18-17-19-48(34-44)80-10)61(79)70-52-22-20-45(46-38-65-66-39-46)35-54(52)81-32-30-72-27-15-16-28-72/h17-23,34-39,43,67H,11-16,24-33,40H2,1-10H3,(H,64,78)(H,65,66)(H,68,75)(H,69,77)(H,70,79)/b50-37-. The molecular formula is C63H84N10O10. The highest BCUT2D eigenvalue weighted by molar-refractivity contribution is 6.35. The molecule has 6 N–H and O–H groups in total. The average molecular weight is 1140 g/mol. The molecule has 3 aromatic carbocycles. The lowest BCUT2D eigenvalue weighted by Gasteiger charge is -2.35. The number of likely N-dealkylation sites (N-methyl/N-ethyl adjacent to an activating group) is 1. The summed E-state index contributed by atoms with van der Waals surface area (Å²) in [7, 11) is 1.58. The summed E-state index contributed by atoms with van der Waals surface area (Å²) in [5, 5.41) is 18.8. The Balaban J connectivity index is 0.958. The largest absolute Gasteiger partial charge is 0.497 e. The van der Waals surface area contributed by atoms with Gasteiger partial charge in [-0.2, -0.15) is 5.10 Å². The lowest BCUT2D eigenvalue weighted by atomic mass is 9.91. The third-order valence-electron chi connectivity index (χ3n) is 16.0. The zero-order chi connectivity index (χ0) is 59.8. The van der Waals surface area contributed by atoms with E-state index in [9.17, 15) is 28.8 Å². The number of carbonyl (C=O) groups excluding carboxylic acids is 6. The summed E-state index contributed by atoms with van der Waals surface area (Å²) < 4.78 is 24.6. The second-order valence-electron chi connectivity index (χ2n) is 21.6. The first-order chi connectivity index (χ1) is 39.8. The van der Waals surface area contributed by atoms with Crippen LogP contribution in [0, 0.1) is 13.8 Å². The number of urea groups is 1. The highest BCUT2D eigenvalue weighted by atomic mass is 16.5. The summed E-state index contributed by atoms with van der Waals surface area (Å²) in [6.45, 7) is 22.9. The number of H-pyrrole nitrogens is 2. The molecule has 0 aliphatic carbocycles. The van der Waals surface area contributed by atoms with Crippen molar-refractivity contribution in [2.24, 2.45) is 0 Å². The number of aryl methyl sites for hydroxylation is 1. The van der Waals surface area contributed by atoms with Gasteiger partial charge in [0.2, 0.25) is 5.91 Å². The van der Waals surface area contributed by atoms with Crippen LogP contribution in [0.5, 0.6) is 11.5 Å². The maximum atomic E-state index is 14.4.